The van der Waals surface area contributed by atoms with Gasteiger partial charge < -0.3 is 18.9 Å². The predicted octanol–water partition coefficient (Wildman–Crippen LogP) is 7.09. The molecule has 0 saturated carbocycles. The molecule has 0 radical (unpaired) electrons. The van der Waals surface area contributed by atoms with Crippen molar-refractivity contribution in [2.45, 2.75) is 46.4 Å². The Labute approximate surface area is 290 Å². The molecule has 2 heterocycles. The van der Waals surface area contributed by atoms with Crippen molar-refractivity contribution in [1.82, 2.24) is 4.57 Å². The van der Waals surface area contributed by atoms with Gasteiger partial charge in [0.05, 0.1) is 46.1 Å². The van der Waals surface area contributed by atoms with Crippen molar-refractivity contribution >= 4 is 50.1 Å². The molecular formula is C38H35BrN2O6S. The lowest BCUT2D eigenvalue weighted by molar-refractivity contribution is -0.143. The molecule has 5 aromatic rings. The molecule has 0 aliphatic carbocycles. The number of esters is 1. The molecule has 0 amide bonds. The van der Waals surface area contributed by atoms with Crippen molar-refractivity contribution in [3.8, 4) is 17.2 Å². The van der Waals surface area contributed by atoms with Gasteiger partial charge in [-0.3, -0.25) is 9.36 Å². The molecule has 1 atom stereocenters. The highest BCUT2D eigenvalue weighted by Gasteiger charge is 2.34. The van der Waals surface area contributed by atoms with E-state index in [1.54, 1.807) is 38.5 Å². The van der Waals surface area contributed by atoms with E-state index in [0.717, 1.165) is 27.5 Å². The first-order valence-corrected chi connectivity index (χ1v) is 17.2. The maximum atomic E-state index is 14.2. The summed E-state index contributed by atoms with van der Waals surface area (Å²) in [6.45, 7) is 8.15. The van der Waals surface area contributed by atoms with E-state index in [1.807, 2.05) is 67.6 Å². The fourth-order valence-electron chi connectivity index (χ4n) is 5.77. The molecule has 0 saturated heterocycles. The Bertz CT molecular complexity index is 2210. The summed E-state index contributed by atoms with van der Waals surface area (Å²) in [5.74, 6) is 1.27. The van der Waals surface area contributed by atoms with Gasteiger partial charge in [0.2, 0.25) is 0 Å². The molecule has 0 spiro atoms. The Hall–Kier alpha value is -4.67. The van der Waals surface area contributed by atoms with Gasteiger partial charge in [0, 0.05) is 0 Å². The van der Waals surface area contributed by atoms with Gasteiger partial charge in [0.1, 0.15) is 12.4 Å². The number of carbonyl (C=O) groups is 1. The number of hydrogen-bond donors (Lipinski definition) is 0. The zero-order valence-corrected chi connectivity index (χ0v) is 29.7. The third kappa shape index (κ3) is 6.68. The summed E-state index contributed by atoms with van der Waals surface area (Å²) >= 11 is 4.93. The van der Waals surface area contributed by atoms with Crippen LogP contribution >= 0.6 is 27.3 Å². The number of halogens is 1. The molecule has 246 valence electrons. The summed E-state index contributed by atoms with van der Waals surface area (Å²) in [7, 11) is 1.58. The van der Waals surface area contributed by atoms with Crippen LogP contribution in [0, 0.1) is 0 Å². The molecule has 1 aliphatic heterocycles. The van der Waals surface area contributed by atoms with Crippen LogP contribution in [0.5, 0.6) is 17.2 Å². The van der Waals surface area contributed by atoms with Crippen LogP contribution in [0.15, 0.2) is 104 Å². The van der Waals surface area contributed by atoms with Crippen molar-refractivity contribution in [3.05, 3.63) is 131 Å². The first-order valence-electron chi connectivity index (χ1n) is 15.6. The summed E-state index contributed by atoms with van der Waals surface area (Å²) in [4.78, 5) is 32.8. The molecule has 0 fully saturated rings. The molecule has 8 nitrogen and oxygen atoms in total. The first kappa shape index (κ1) is 33.2. The zero-order chi connectivity index (χ0) is 33.9. The van der Waals surface area contributed by atoms with Gasteiger partial charge in [-0.2, -0.15) is 0 Å². The number of benzene rings is 4. The Balaban J connectivity index is 1.39. The topological polar surface area (TPSA) is 88.4 Å². The second-order valence-corrected chi connectivity index (χ2v) is 13.4. The van der Waals surface area contributed by atoms with E-state index in [-0.39, 0.29) is 11.7 Å². The third-order valence-electron chi connectivity index (χ3n) is 7.89. The van der Waals surface area contributed by atoms with Gasteiger partial charge >= 0.3 is 5.97 Å². The van der Waals surface area contributed by atoms with Crippen molar-refractivity contribution < 1.29 is 23.7 Å². The minimum atomic E-state index is -0.726. The highest BCUT2D eigenvalue weighted by atomic mass is 79.9. The third-order valence-corrected chi connectivity index (χ3v) is 9.46. The number of nitrogens with zero attached hydrogens (tertiary/aromatic N) is 2. The van der Waals surface area contributed by atoms with E-state index >= 15 is 0 Å². The zero-order valence-electron chi connectivity index (χ0n) is 27.3. The summed E-state index contributed by atoms with van der Waals surface area (Å²) < 4.78 is 26.0. The highest BCUT2D eigenvalue weighted by Crippen LogP contribution is 2.38. The van der Waals surface area contributed by atoms with Crippen LogP contribution in [0.1, 0.15) is 50.4 Å². The number of fused-ring (bicyclic) bond motifs is 2. The van der Waals surface area contributed by atoms with E-state index in [1.165, 1.54) is 11.3 Å². The van der Waals surface area contributed by atoms with E-state index in [9.17, 15) is 9.59 Å². The number of allylic oxidation sites excluding steroid dienone is 1. The number of methoxy groups -OCH3 is 1. The second kappa shape index (κ2) is 14.2. The standard InChI is InChI=1S/C38H35BrN2O6S/c1-6-45-28-16-14-26(15-17-28)34-33(37(43)47-22(2)3)23(4)40-38-41(34)36(42)32(48-38)20-24-18-30(39)35(31(19-24)44-5)46-21-27-12-9-11-25-10-7-8-13-29(25)27/h7-20,22,34H,6,21H2,1-5H3/b32-20+/t34-/m1/s1. The smallest absolute Gasteiger partial charge is 0.338 e. The Morgan fingerprint density at radius 3 is 2.52 bits per heavy atom. The van der Waals surface area contributed by atoms with Gasteiger partial charge in [-0.25, -0.2) is 9.79 Å². The van der Waals surface area contributed by atoms with Crippen molar-refractivity contribution in [2.24, 2.45) is 4.99 Å². The molecule has 1 aliphatic rings. The maximum absolute atomic E-state index is 14.2. The monoisotopic (exact) mass is 726 g/mol. The lowest BCUT2D eigenvalue weighted by atomic mass is 9.96. The minimum absolute atomic E-state index is 0.272. The fourth-order valence-corrected chi connectivity index (χ4v) is 7.39. The maximum Gasteiger partial charge on any atom is 0.338 e. The second-order valence-electron chi connectivity index (χ2n) is 11.5. The molecule has 6 rings (SSSR count). The molecule has 0 bridgehead atoms. The number of carbonyl (C=O) groups excluding carboxylic acids is 1. The molecule has 0 N–H and O–H groups in total. The van der Waals surface area contributed by atoms with Gasteiger partial charge in [-0.1, -0.05) is 65.9 Å². The van der Waals surface area contributed by atoms with Crippen molar-refractivity contribution in [2.75, 3.05) is 13.7 Å². The molecule has 10 heteroatoms. The summed E-state index contributed by atoms with van der Waals surface area (Å²) in [5.41, 5.74) is 3.09. The van der Waals surface area contributed by atoms with Gasteiger partial charge in [0.25, 0.3) is 5.56 Å². The van der Waals surface area contributed by atoms with Gasteiger partial charge in [0.15, 0.2) is 16.3 Å². The lowest BCUT2D eigenvalue weighted by Gasteiger charge is -2.25. The highest BCUT2D eigenvalue weighted by molar-refractivity contribution is 9.10. The molecule has 4 aromatic carbocycles. The van der Waals surface area contributed by atoms with Crippen LogP contribution in [-0.4, -0.2) is 30.4 Å². The summed E-state index contributed by atoms with van der Waals surface area (Å²) in [6, 6.07) is 24.7. The Morgan fingerprint density at radius 1 is 1.04 bits per heavy atom. The van der Waals surface area contributed by atoms with Crippen LogP contribution < -0.4 is 29.1 Å². The van der Waals surface area contributed by atoms with Crippen molar-refractivity contribution in [3.63, 3.8) is 0 Å². The minimum Gasteiger partial charge on any atom is -0.494 e. The molecule has 1 aromatic heterocycles. The van der Waals surface area contributed by atoms with Crippen LogP contribution in [-0.2, 0) is 16.1 Å². The molecule has 48 heavy (non-hydrogen) atoms. The quantitative estimate of drug-likeness (QED) is 0.143. The SMILES string of the molecule is CCOc1ccc([C@@H]2C(C(=O)OC(C)C)=C(C)N=c3s/c(=C/c4cc(Br)c(OCc5cccc6ccccc56)c(OC)c4)c(=O)n32)cc1. The van der Waals surface area contributed by atoms with Crippen molar-refractivity contribution in [1.29, 1.82) is 0 Å². The van der Waals surface area contributed by atoms with E-state index < -0.39 is 12.0 Å². The molecular weight excluding hydrogens is 692 g/mol. The summed E-state index contributed by atoms with van der Waals surface area (Å²) in [5, 5.41) is 2.27. The number of ether oxygens (including phenoxy) is 4. The normalized spacial score (nSPS) is 14.6. The van der Waals surface area contributed by atoms with Crippen LogP contribution in [0.4, 0.5) is 0 Å². The Kier molecular flexibility index (Phi) is 9.84. The number of rotatable bonds is 10. The van der Waals surface area contributed by atoms with E-state index in [0.29, 0.717) is 55.5 Å². The van der Waals surface area contributed by atoms with Crippen LogP contribution in [0.2, 0.25) is 0 Å². The van der Waals surface area contributed by atoms with E-state index in [4.69, 9.17) is 23.9 Å². The van der Waals surface area contributed by atoms with Crippen LogP contribution in [0.25, 0.3) is 16.8 Å². The van der Waals surface area contributed by atoms with Crippen LogP contribution in [0.3, 0.4) is 0 Å². The number of aromatic nitrogens is 1. The summed E-state index contributed by atoms with van der Waals surface area (Å²) in [6.07, 6.45) is 1.46. The molecule has 0 unspecified atom stereocenters. The lowest BCUT2D eigenvalue weighted by Crippen LogP contribution is -2.40. The largest absolute Gasteiger partial charge is 0.494 e. The first-order chi connectivity index (χ1) is 23.2. The number of hydrogen-bond acceptors (Lipinski definition) is 8. The van der Waals surface area contributed by atoms with Gasteiger partial charge in [-0.05, 0) is 101 Å². The average molecular weight is 728 g/mol. The predicted molar refractivity (Wildman–Crippen MR) is 192 cm³/mol. The van der Waals surface area contributed by atoms with E-state index in [2.05, 4.69) is 34.1 Å². The average Bonchev–Trinajstić information content (AvgIpc) is 3.37. The Morgan fingerprint density at radius 2 is 1.79 bits per heavy atom. The number of thiazole rings is 1. The van der Waals surface area contributed by atoms with Gasteiger partial charge in [-0.15, -0.1) is 0 Å². The fraction of sp³-hybridized carbons (Fsp3) is 0.237.